The third-order valence-electron chi connectivity index (χ3n) is 3.56. The maximum atomic E-state index is 10.6. The van der Waals surface area contributed by atoms with Crippen LogP contribution in [0.15, 0.2) is 30.3 Å². The molecular weight excluding hydrogens is 256 g/mol. The molecular formula is C17H19ClO. The highest BCUT2D eigenvalue weighted by Crippen LogP contribution is 2.30. The van der Waals surface area contributed by atoms with Crippen LogP contribution in [0.1, 0.15) is 39.5 Å². The largest absolute Gasteiger partial charge is 0.384 e. The summed E-state index contributed by atoms with van der Waals surface area (Å²) in [6.45, 7) is 8.03. The fourth-order valence-electron chi connectivity index (χ4n) is 2.40. The van der Waals surface area contributed by atoms with E-state index in [2.05, 4.69) is 13.0 Å². The zero-order valence-electron chi connectivity index (χ0n) is 11.8. The molecule has 0 radical (unpaired) electrons. The summed E-state index contributed by atoms with van der Waals surface area (Å²) in [4.78, 5) is 0. The van der Waals surface area contributed by atoms with Crippen LogP contribution in [0.3, 0.4) is 0 Å². The number of halogens is 1. The predicted octanol–water partition coefficient (Wildman–Crippen LogP) is 4.66. The van der Waals surface area contributed by atoms with Gasteiger partial charge in [0.2, 0.25) is 0 Å². The van der Waals surface area contributed by atoms with Crippen LogP contribution in [-0.2, 0) is 0 Å². The van der Waals surface area contributed by atoms with Gasteiger partial charge in [-0.05, 0) is 61.6 Å². The van der Waals surface area contributed by atoms with Crippen molar-refractivity contribution in [3.05, 3.63) is 68.7 Å². The highest BCUT2D eigenvalue weighted by Gasteiger charge is 2.16. The Labute approximate surface area is 119 Å². The minimum absolute atomic E-state index is 0.600. The molecule has 0 aliphatic rings. The van der Waals surface area contributed by atoms with E-state index in [1.54, 1.807) is 0 Å². The van der Waals surface area contributed by atoms with Crippen molar-refractivity contribution in [1.29, 1.82) is 0 Å². The molecule has 0 bridgehead atoms. The first-order valence-corrected chi connectivity index (χ1v) is 6.80. The first kappa shape index (κ1) is 14.1. The molecule has 2 aromatic carbocycles. The van der Waals surface area contributed by atoms with Gasteiger partial charge in [0, 0.05) is 5.02 Å². The maximum absolute atomic E-state index is 10.6. The molecule has 0 aliphatic carbocycles. The third-order valence-corrected chi connectivity index (χ3v) is 3.97. The Balaban J connectivity index is 2.49. The molecule has 0 amide bonds. The Morgan fingerprint density at radius 1 is 0.842 bits per heavy atom. The lowest BCUT2D eigenvalue weighted by atomic mass is 9.92. The van der Waals surface area contributed by atoms with Crippen molar-refractivity contribution in [3.8, 4) is 0 Å². The first-order chi connectivity index (χ1) is 8.90. The molecule has 0 heterocycles. The van der Waals surface area contributed by atoms with Gasteiger partial charge in [0.05, 0.1) is 0 Å². The minimum Gasteiger partial charge on any atom is -0.384 e. The lowest BCUT2D eigenvalue weighted by molar-refractivity contribution is 0.218. The smallest absolute Gasteiger partial charge is 0.105 e. The van der Waals surface area contributed by atoms with Crippen LogP contribution >= 0.6 is 11.6 Å². The molecule has 1 atom stereocenters. The molecule has 0 aliphatic heterocycles. The van der Waals surface area contributed by atoms with Crippen LogP contribution < -0.4 is 0 Å². The highest BCUT2D eigenvalue weighted by molar-refractivity contribution is 6.31. The fraction of sp³-hybridized carbons (Fsp3) is 0.294. The van der Waals surface area contributed by atoms with Crippen molar-refractivity contribution in [3.63, 3.8) is 0 Å². The molecule has 1 unspecified atom stereocenters. The molecule has 0 saturated heterocycles. The van der Waals surface area contributed by atoms with E-state index in [9.17, 15) is 5.11 Å². The van der Waals surface area contributed by atoms with Gasteiger partial charge in [-0.2, -0.15) is 0 Å². The molecule has 1 N–H and O–H groups in total. The van der Waals surface area contributed by atoms with Crippen molar-refractivity contribution in [2.75, 3.05) is 0 Å². The van der Waals surface area contributed by atoms with Crippen LogP contribution in [0.5, 0.6) is 0 Å². The highest BCUT2D eigenvalue weighted by atomic mass is 35.5. The zero-order valence-corrected chi connectivity index (χ0v) is 12.5. The molecule has 100 valence electrons. The number of rotatable bonds is 2. The molecule has 0 saturated carbocycles. The van der Waals surface area contributed by atoms with E-state index in [1.165, 1.54) is 5.56 Å². The van der Waals surface area contributed by atoms with E-state index in [1.807, 2.05) is 45.0 Å². The van der Waals surface area contributed by atoms with E-state index < -0.39 is 6.10 Å². The number of aliphatic hydroxyl groups is 1. The van der Waals surface area contributed by atoms with Crippen molar-refractivity contribution < 1.29 is 5.11 Å². The molecule has 0 aromatic heterocycles. The normalized spacial score (nSPS) is 12.5. The lowest BCUT2D eigenvalue weighted by Crippen LogP contribution is -2.05. The quantitative estimate of drug-likeness (QED) is 0.845. The summed E-state index contributed by atoms with van der Waals surface area (Å²) < 4.78 is 0. The van der Waals surface area contributed by atoms with E-state index in [0.29, 0.717) is 0 Å². The first-order valence-electron chi connectivity index (χ1n) is 6.42. The zero-order chi connectivity index (χ0) is 14.2. The molecule has 0 fully saturated rings. The molecule has 2 heteroatoms. The van der Waals surface area contributed by atoms with E-state index in [0.717, 1.165) is 32.8 Å². The van der Waals surface area contributed by atoms with Crippen LogP contribution in [0.25, 0.3) is 0 Å². The summed E-state index contributed by atoms with van der Waals surface area (Å²) in [7, 11) is 0. The van der Waals surface area contributed by atoms with Gasteiger partial charge in [-0.25, -0.2) is 0 Å². The van der Waals surface area contributed by atoms with Gasteiger partial charge in [-0.15, -0.1) is 0 Å². The van der Waals surface area contributed by atoms with E-state index in [-0.39, 0.29) is 0 Å². The Morgan fingerprint density at radius 3 is 2.11 bits per heavy atom. The number of aliphatic hydroxyl groups excluding tert-OH is 1. The molecule has 2 rings (SSSR count). The Morgan fingerprint density at radius 2 is 1.47 bits per heavy atom. The van der Waals surface area contributed by atoms with Gasteiger partial charge in [0.25, 0.3) is 0 Å². The summed E-state index contributed by atoms with van der Waals surface area (Å²) in [5.41, 5.74) is 6.20. The van der Waals surface area contributed by atoms with Crippen LogP contribution in [0.4, 0.5) is 0 Å². The summed E-state index contributed by atoms with van der Waals surface area (Å²) in [6, 6.07) is 10.0. The van der Waals surface area contributed by atoms with Crippen LogP contribution in [0.2, 0.25) is 5.02 Å². The van der Waals surface area contributed by atoms with Gasteiger partial charge in [0.1, 0.15) is 6.10 Å². The molecule has 0 spiro atoms. The Hall–Kier alpha value is -1.31. The van der Waals surface area contributed by atoms with Gasteiger partial charge in [0.15, 0.2) is 0 Å². The number of aryl methyl sites for hydroxylation is 4. The van der Waals surface area contributed by atoms with Crippen molar-refractivity contribution in [2.24, 2.45) is 0 Å². The number of hydrogen-bond donors (Lipinski definition) is 1. The SMILES string of the molecule is Cc1ccc(C(O)c2cc(C)c(Cl)cc2C)c(C)c1. The number of hydrogen-bond acceptors (Lipinski definition) is 1. The second kappa shape index (κ2) is 5.36. The van der Waals surface area contributed by atoms with Crippen molar-refractivity contribution >= 4 is 11.6 Å². The summed E-state index contributed by atoms with van der Waals surface area (Å²) in [6.07, 6.45) is -0.600. The summed E-state index contributed by atoms with van der Waals surface area (Å²) in [5.74, 6) is 0. The van der Waals surface area contributed by atoms with Gasteiger partial charge in [-0.3, -0.25) is 0 Å². The molecule has 2 aromatic rings. The maximum Gasteiger partial charge on any atom is 0.105 e. The second-order valence-corrected chi connectivity index (χ2v) is 5.63. The van der Waals surface area contributed by atoms with Crippen LogP contribution in [-0.4, -0.2) is 5.11 Å². The van der Waals surface area contributed by atoms with Crippen LogP contribution in [0, 0.1) is 27.7 Å². The van der Waals surface area contributed by atoms with Gasteiger partial charge in [-0.1, -0.05) is 41.4 Å². The average Bonchev–Trinajstić information content (AvgIpc) is 2.33. The Kier molecular flexibility index (Phi) is 3.98. The average molecular weight is 275 g/mol. The monoisotopic (exact) mass is 274 g/mol. The summed E-state index contributed by atoms with van der Waals surface area (Å²) in [5, 5.41) is 11.4. The number of benzene rings is 2. The standard InChI is InChI=1S/C17H19ClO/c1-10-5-6-14(11(2)7-10)17(19)15-8-13(4)16(18)9-12(15)3/h5-9,17,19H,1-4H3. The Bertz CT molecular complexity index is 617. The topological polar surface area (TPSA) is 20.2 Å². The minimum atomic E-state index is -0.600. The molecule has 1 nitrogen and oxygen atoms in total. The fourth-order valence-corrected chi connectivity index (χ4v) is 2.62. The third kappa shape index (κ3) is 2.83. The predicted molar refractivity (Wildman–Crippen MR) is 80.9 cm³/mol. The van der Waals surface area contributed by atoms with Crippen molar-refractivity contribution in [2.45, 2.75) is 33.8 Å². The van der Waals surface area contributed by atoms with Gasteiger partial charge >= 0.3 is 0 Å². The van der Waals surface area contributed by atoms with E-state index >= 15 is 0 Å². The summed E-state index contributed by atoms with van der Waals surface area (Å²) >= 11 is 6.11. The van der Waals surface area contributed by atoms with Gasteiger partial charge < -0.3 is 5.11 Å². The molecule has 19 heavy (non-hydrogen) atoms. The van der Waals surface area contributed by atoms with E-state index in [4.69, 9.17) is 11.6 Å². The van der Waals surface area contributed by atoms with Crippen molar-refractivity contribution in [1.82, 2.24) is 0 Å². The lowest BCUT2D eigenvalue weighted by Gasteiger charge is -2.18. The second-order valence-electron chi connectivity index (χ2n) is 5.22.